The quantitative estimate of drug-likeness (QED) is 0.785. The first-order valence-electron chi connectivity index (χ1n) is 6.64. The monoisotopic (exact) mass is 296 g/mol. The number of rotatable bonds is 5. The van der Waals surface area contributed by atoms with Gasteiger partial charge >= 0.3 is 5.97 Å². The van der Waals surface area contributed by atoms with E-state index in [2.05, 4.69) is 22.5 Å². The number of methoxy groups -OCH3 is 1. The Bertz CT molecular complexity index is 485. The number of hydrogen-bond donors (Lipinski definition) is 1. The molecule has 0 aromatic carbocycles. The molecule has 2 aliphatic heterocycles. The smallest absolute Gasteiger partial charge is 0.337 e. The first-order valence-corrected chi connectivity index (χ1v) is 7.63. The van der Waals surface area contributed by atoms with Gasteiger partial charge in [0.05, 0.1) is 18.9 Å². The van der Waals surface area contributed by atoms with Crippen molar-refractivity contribution in [2.24, 2.45) is 4.99 Å². The number of carbonyl (C=O) groups excluding carboxylic acids is 1. The van der Waals surface area contributed by atoms with Crippen molar-refractivity contribution in [3.05, 3.63) is 23.5 Å². The summed E-state index contributed by atoms with van der Waals surface area (Å²) < 4.78 is 10.3. The van der Waals surface area contributed by atoms with Gasteiger partial charge in [-0.3, -0.25) is 4.99 Å². The third-order valence-corrected chi connectivity index (χ3v) is 4.32. The minimum absolute atomic E-state index is 0.241. The predicted molar refractivity (Wildman–Crippen MR) is 80.7 cm³/mol. The summed E-state index contributed by atoms with van der Waals surface area (Å²) in [6, 6.07) is 0. The average Bonchev–Trinajstić information content (AvgIpc) is 2.85. The normalized spacial score (nSPS) is 25.4. The molecule has 0 amide bonds. The van der Waals surface area contributed by atoms with Crippen molar-refractivity contribution in [2.75, 3.05) is 26.1 Å². The van der Waals surface area contributed by atoms with E-state index < -0.39 is 5.54 Å². The molecular formula is C14H20N2O3S. The zero-order chi connectivity index (χ0) is 14.6. The van der Waals surface area contributed by atoms with Gasteiger partial charge in [-0.05, 0) is 20.3 Å². The Labute approximate surface area is 123 Å². The van der Waals surface area contributed by atoms with E-state index in [9.17, 15) is 4.79 Å². The highest BCUT2D eigenvalue weighted by atomic mass is 32.2. The van der Waals surface area contributed by atoms with Crippen molar-refractivity contribution in [2.45, 2.75) is 25.8 Å². The highest BCUT2D eigenvalue weighted by molar-refractivity contribution is 8.14. The molecule has 0 aliphatic carbocycles. The number of nitrogens with one attached hydrogen (secondary N) is 1. The second kappa shape index (κ2) is 6.45. The van der Waals surface area contributed by atoms with Crippen LogP contribution in [0.4, 0.5) is 0 Å². The van der Waals surface area contributed by atoms with Crippen LogP contribution in [0.3, 0.4) is 0 Å². The average molecular weight is 296 g/mol. The number of carbonyl (C=O) groups is 1. The lowest BCUT2D eigenvalue weighted by Crippen LogP contribution is -2.43. The molecule has 1 unspecified atom stereocenters. The topological polar surface area (TPSA) is 59.9 Å². The van der Waals surface area contributed by atoms with Crippen molar-refractivity contribution < 1.29 is 14.3 Å². The van der Waals surface area contributed by atoms with Gasteiger partial charge in [0.1, 0.15) is 5.04 Å². The molecule has 0 spiro atoms. The predicted octanol–water partition coefficient (Wildman–Crippen LogP) is 1.86. The Kier molecular flexibility index (Phi) is 4.88. The highest BCUT2D eigenvalue weighted by Gasteiger charge is 2.45. The van der Waals surface area contributed by atoms with Crippen LogP contribution in [0.5, 0.6) is 0 Å². The van der Waals surface area contributed by atoms with E-state index in [0.717, 1.165) is 22.9 Å². The minimum Gasteiger partial charge on any atom is -0.464 e. The summed E-state index contributed by atoms with van der Waals surface area (Å²) in [6.45, 7) is 4.40. The summed E-state index contributed by atoms with van der Waals surface area (Å²) in [4.78, 5) is 16.8. The van der Waals surface area contributed by atoms with E-state index in [0.29, 0.717) is 12.4 Å². The van der Waals surface area contributed by atoms with E-state index in [1.165, 1.54) is 0 Å². The molecule has 110 valence electrons. The maximum absolute atomic E-state index is 12.2. The van der Waals surface area contributed by atoms with Gasteiger partial charge in [0, 0.05) is 18.6 Å². The van der Waals surface area contributed by atoms with Crippen LogP contribution in [0.2, 0.25) is 0 Å². The molecular weight excluding hydrogens is 276 g/mol. The Morgan fingerprint density at radius 3 is 3.00 bits per heavy atom. The van der Waals surface area contributed by atoms with Crippen molar-refractivity contribution in [1.82, 2.24) is 5.32 Å². The molecule has 6 heteroatoms. The summed E-state index contributed by atoms with van der Waals surface area (Å²) >= 11 is 1.56. The van der Waals surface area contributed by atoms with Crippen molar-refractivity contribution in [1.29, 1.82) is 0 Å². The molecule has 1 atom stereocenters. The van der Waals surface area contributed by atoms with Crippen LogP contribution in [0.25, 0.3) is 0 Å². The largest absolute Gasteiger partial charge is 0.464 e. The van der Waals surface area contributed by atoms with E-state index in [-0.39, 0.29) is 12.6 Å². The SMILES string of the molecule is CCOC(=O)C1(COC)CSC(C2=CCC=C(C)N2)=N1. The Balaban J connectivity index is 2.20. The fourth-order valence-electron chi connectivity index (χ4n) is 2.14. The maximum atomic E-state index is 12.2. The van der Waals surface area contributed by atoms with Crippen LogP contribution in [-0.2, 0) is 14.3 Å². The summed E-state index contributed by atoms with van der Waals surface area (Å²) in [7, 11) is 1.57. The molecule has 0 saturated carbocycles. The van der Waals surface area contributed by atoms with E-state index in [1.54, 1.807) is 25.8 Å². The Hall–Kier alpha value is -1.27. The van der Waals surface area contributed by atoms with Crippen molar-refractivity contribution in [3.63, 3.8) is 0 Å². The van der Waals surface area contributed by atoms with Crippen molar-refractivity contribution >= 4 is 22.8 Å². The molecule has 0 bridgehead atoms. The van der Waals surface area contributed by atoms with Crippen LogP contribution in [0.15, 0.2) is 28.5 Å². The van der Waals surface area contributed by atoms with Crippen LogP contribution < -0.4 is 5.32 Å². The van der Waals surface area contributed by atoms with Crippen LogP contribution >= 0.6 is 11.8 Å². The van der Waals surface area contributed by atoms with E-state index in [4.69, 9.17) is 9.47 Å². The molecule has 5 nitrogen and oxygen atoms in total. The number of allylic oxidation sites excluding steroid dienone is 3. The van der Waals surface area contributed by atoms with Crippen LogP contribution in [-0.4, -0.2) is 42.6 Å². The summed E-state index contributed by atoms with van der Waals surface area (Å²) in [5.74, 6) is 0.240. The number of esters is 1. The van der Waals surface area contributed by atoms with Gasteiger partial charge in [-0.1, -0.05) is 12.2 Å². The molecule has 2 aliphatic rings. The number of ether oxygens (including phenoxy) is 2. The first kappa shape index (κ1) is 15.1. The minimum atomic E-state index is -0.914. The third kappa shape index (κ3) is 3.07. The standard InChI is InChI=1S/C14H20N2O3S/c1-4-19-13(17)14(8-18-3)9-20-12(16-14)11-7-5-6-10(2)15-11/h6-7,15H,4-5,8-9H2,1-3H3. The second-order valence-electron chi connectivity index (χ2n) is 4.76. The Morgan fingerprint density at radius 2 is 2.35 bits per heavy atom. The molecule has 20 heavy (non-hydrogen) atoms. The Morgan fingerprint density at radius 1 is 1.55 bits per heavy atom. The van der Waals surface area contributed by atoms with Crippen LogP contribution in [0, 0.1) is 0 Å². The fourth-order valence-corrected chi connectivity index (χ4v) is 3.31. The third-order valence-electron chi connectivity index (χ3n) is 3.11. The number of nitrogens with zero attached hydrogens (tertiary/aromatic N) is 1. The number of thioether (sulfide) groups is 1. The van der Waals surface area contributed by atoms with E-state index in [1.807, 2.05) is 6.92 Å². The number of hydrogen-bond acceptors (Lipinski definition) is 6. The van der Waals surface area contributed by atoms with Gasteiger partial charge in [-0.25, -0.2) is 4.79 Å². The highest BCUT2D eigenvalue weighted by Crippen LogP contribution is 2.33. The maximum Gasteiger partial charge on any atom is 0.337 e. The van der Waals surface area contributed by atoms with Gasteiger partial charge < -0.3 is 14.8 Å². The molecule has 0 fully saturated rings. The summed E-state index contributed by atoms with van der Waals surface area (Å²) in [5, 5.41) is 4.14. The van der Waals surface area contributed by atoms with Gasteiger partial charge in [-0.2, -0.15) is 0 Å². The number of aliphatic imine (C=N–C) groups is 1. The van der Waals surface area contributed by atoms with Gasteiger partial charge in [-0.15, -0.1) is 11.8 Å². The zero-order valence-corrected chi connectivity index (χ0v) is 12.9. The molecule has 2 rings (SSSR count). The lowest BCUT2D eigenvalue weighted by atomic mass is 10.1. The molecule has 2 heterocycles. The lowest BCUT2D eigenvalue weighted by Gasteiger charge is -2.21. The fraction of sp³-hybridized carbons (Fsp3) is 0.571. The summed E-state index contributed by atoms with van der Waals surface area (Å²) in [6.07, 6.45) is 5.06. The lowest BCUT2D eigenvalue weighted by molar-refractivity contribution is -0.150. The summed E-state index contributed by atoms with van der Waals surface area (Å²) in [5.41, 5.74) is 1.16. The van der Waals surface area contributed by atoms with Gasteiger partial charge in [0.15, 0.2) is 5.54 Å². The zero-order valence-electron chi connectivity index (χ0n) is 12.1. The van der Waals surface area contributed by atoms with Gasteiger partial charge in [0.2, 0.25) is 0 Å². The first-order chi connectivity index (χ1) is 9.61. The second-order valence-corrected chi connectivity index (χ2v) is 5.72. The molecule has 0 radical (unpaired) electrons. The van der Waals surface area contributed by atoms with E-state index >= 15 is 0 Å². The van der Waals surface area contributed by atoms with Crippen molar-refractivity contribution in [3.8, 4) is 0 Å². The molecule has 0 aromatic rings. The molecule has 0 aromatic heterocycles. The van der Waals surface area contributed by atoms with Crippen LogP contribution in [0.1, 0.15) is 20.3 Å². The number of dihydropyridines is 1. The van der Waals surface area contributed by atoms with Gasteiger partial charge in [0.25, 0.3) is 0 Å². The molecule has 0 saturated heterocycles. The molecule has 1 N–H and O–H groups in total.